The number of hydrogen-bond acceptors (Lipinski definition) is 5. The highest BCUT2D eigenvalue weighted by Crippen LogP contribution is 2.34. The van der Waals surface area contributed by atoms with Crippen LogP contribution in [0.2, 0.25) is 0 Å². The maximum atomic E-state index is 4.71. The van der Waals surface area contributed by atoms with Gasteiger partial charge in [0.25, 0.3) is 0 Å². The minimum absolute atomic E-state index is 0.0418. The molecule has 0 bridgehead atoms. The van der Waals surface area contributed by atoms with Gasteiger partial charge in [0.2, 0.25) is 5.82 Å². The predicted octanol–water partition coefficient (Wildman–Crippen LogP) is 4.96. The van der Waals surface area contributed by atoms with Gasteiger partial charge in [0, 0.05) is 18.3 Å². The Morgan fingerprint density at radius 1 is 1.06 bits per heavy atom. The first-order valence-electron chi connectivity index (χ1n) is 11.8. The lowest BCUT2D eigenvalue weighted by Gasteiger charge is -2.19. The molecule has 3 heterocycles. The summed E-state index contributed by atoms with van der Waals surface area (Å²) < 4.78 is 4.06. The Morgan fingerprint density at radius 2 is 1.85 bits per heavy atom. The standard InChI is InChI=1S/C25H34N8/c1-6-8-18(7-2)15-22-26-17-32(29-22)16-19-9-11-20(12-10-19)33-14-13-21(25(3,4)5)23(33)24-27-30-31-28-24/h9-14,17-18H,6-8,15-16H2,1-5H3,(H,27,28,30,31). The molecule has 174 valence electrons. The van der Waals surface area contributed by atoms with E-state index in [4.69, 9.17) is 5.10 Å². The molecule has 0 fully saturated rings. The molecule has 0 radical (unpaired) electrons. The van der Waals surface area contributed by atoms with E-state index >= 15 is 0 Å². The van der Waals surface area contributed by atoms with Gasteiger partial charge >= 0.3 is 0 Å². The van der Waals surface area contributed by atoms with Crippen molar-refractivity contribution in [1.29, 1.82) is 0 Å². The van der Waals surface area contributed by atoms with Gasteiger partial charge in [0.1, 0.15) is 6.33 Å². The fourth-order valence-corrected chi connectivity index (χ4v) is 4.31. The van der Waals surface area contributed by atoms with Crippen molar-refractivity contribution in [2.75, 3.05) is 0 Å². The van der Waals surface area contributed by atoms with Gasteiger partial charge in [-0.2, -0.15) is 10.3 Å². The Balaban J connectivity index is 1.53. The average molecular weight is 447 g/mol. The predicted molar refractivity (Wildman–Crippen MR) is 129 cm³/mol. The second kappa shape index (κ2) is 9.68. The SMILES string of the molecule is CCCC(CC)Cc1ncn(Cc2ccc(-n3ccc(C(C)(C)C)c3-c3nn[nH]n3)cc2)n1. The molecule has 0 aliphatic rings. The number of hydrogen-bond donors (Lipinski definition) is 1. The summed E-state index contributed by atoms with van der Waals surface area (Å²) in [7, 11) is 0. The molecule has 0 saturated carbocycles. The number of rotatable bonds is 9. The van der Waals surface area contributed by atoms with Crippen molar-refractivity contribution in [2.24, 2.45) is 5.92 Å². The molecule has 4 aromatic rings. The van der Waals surface area contributed by atoms with Crippen LogP contribution in [-0.2, 0) is 18.4 Å². The quantitative estimate of drug-likeness (QED) is 0.392. The monoisotopic (exact) mass is 446 g/mol. The van der Waals surface area contributed by atoms with Crippen molar-refractivity contribution >= 4 is 0 Å². The molecular formula is C25H34N8. The molecule has 1 aromatic carbocycles. The van der Waals surface area contributed by atoms with Gasteiger partial charge in [0.05, 0.1) is 12.2 Å². The Kier molecular flexibility index (Phi) is 6.72. The molecule has 3 aromatic heterocycles. The summed E-state index contributed by atoms with van der Waals surface area (Å²) in [5.74, 6) is 2.20. The Morgan fingerprint density at radius 3 is 2.48 bits per heavy atom. The maximum Gasteiger partial charge on any atom is 0.221 e. The van der Waals surface area contributed by atoms with Gasteiger partial charge in [-0.1, -0.05) is 66.0 Å². The van der Waals surface area contributed by atoms with Gasteiger partial charge in [-0.25, -0.2) is 9.67 Å². The smallest absolute Gasteiger partial charge is 0.221 e. The van der Waals surface area contributed by atoms with Crippen molar-refractivity contribution in [3.05, 3.63) is 59.8 Å². The van der Waals surface area contributed by atoms with Gasteiger partial charge in [0.15, 0.2) is 5.82 Å². The average Bonchev–Trinajstić information content (AvgIpc) is 3.54. The normalized spacial score (nSPS) is 12.9. The van der Waals surface area contributed by atoms with E-state index < -0.39 is 0 Å². The summed E-state index contributed by atoms with van der Waals surface area (Å²) in [6, 6.07) is 10.7. The Labute approximate surface area is 195 Å². The highest BCUT2D eigenvalue weighted by atomic mass is 15.5. The molecule has 0 saturated heterocycles. The van der Waals surface area contributed by atoms with Gasteiger partial charge in [-0.3, -0.25) is 0 Å². The van der Waals surface area contributed by atoms with Crippen molar-refractivity contribution in [1.82, 2.24) is 40.0 Å². The third-order valence-corrected chi connectivity index (χ3v) is 6.14. The van der Waals surface area contributed by atoms with E-state index in [0.717, 1.165) is 23.6 Å². The Bertz CT molecular complexity index is 1150. The second-order valence-corrected chi connectivity index (χ2v) is 9.73. The third-order valence-electron chi connectivity index (χ3n) is 6.14. The molecule has 33 heavy (non-hydrogen) atoms. The number of benzene rings is 1. The molecule has 0 aliphatic carbocycles. The minimum atomic E-state index is -0.0418. The number of nitrogens with one attached hydrogen (secondary N) is 1. The van der Waals surface area contributed by atoms with E-state index in [1.807, 2.05) is 11.0 Å². The number of H-pyrrole nitrogens is 1. The van der Waals surface area contributed by atoms with Crippen LogP contribution in [0.5, 0.6) is 0 Å². The summed E-state index contributed by atoms with van der Waals surface area (Å²) >= 11 is 0. The molecule has 0 amide bonds. The largest absolute Gasteiger partial charge is 0.313 e. The molecule has 4 rings (SSSR count). The van der Waals surface area contributed by atoms with Crippen molar-refractivity contribution in [2.45, 2.75) is 72.3 Å². The zero-order valence-electron chi connectivity index (χ0n) is 20.3. The van der Waals surface area contributed by atoms with Crippen LogP contribution in [0.4, 0.5) is 0 Å². The summed E-state index contributed by atoms with van der Waals surface area (Å²) in [4.78, 5) is 4.54. The van der Waals surface area contributed by atoms with Crippen LogP contribution in [0.15, 0.2) is 42.9 Å². The topological polar surface area (TPSA) is 90.1 Å². The van der Waals surface area contributed by atoms with E-state index in [1.165, 1.54) is 30.4 Å². The second-order valence-electron chi connectivity index (χ2n) is 9.73. The summed E-state index contributed by atoms with van der Waals surface area (Å²) in [6.07, 6.45) is 8.49. The fourth-order valence-electron chi connectivity index (χ4n) is 4.31. The lowest BCUT2D eigenvalue weighted by molar-refractivity contribution is 0.450. The summed E-state index contributed by atoms with van der Waals surface area (Å²) in [5.41, 5.74) is 4.33. The van der Waals surface area contributed by atoms with E-state index in [2.05, 4.69) is 101 Å². The van der Waals surface area contributed by atoms with Crippen LogP contribution in [0.25, 0.3) is 17.2 Å². The van der Waals surface area contributed by atoms with E-state index in [0.29, 0.717) is 18.3 Å². The van der Waals surface area contributed by atoms with E-state index in [9.17, 15) is 0 Å². The lowest BCUT2D eigenvalue weighted by atomic mass is 9.87. The molecule has 0 aliphatic heterocycles. The number of tetrazole rings is 1. The summed E-state index contributed by atoms with van der Waals surface area (Å²) in [5, 5.41) is 19.5. The fraction of sp³-hybridized carbons (Fsp3) is 0.480. The zero-order chi connectivity index (χ0) is 23.4. The van der Waals surface area contributed by atoms with Crippen LogP contribution in [0, 0.1) is 5.92 Å². The highest BCUT2D eigenvalue weighted by molar-refractivity contribution is 5.62. The van der Waals surface area contributed by atoms with Crippen molar-refractivity contribution in [3.63, 3.8) is 0 Å². The van der Waals surface area contributed by atoms with Crippen LogP contribution in [-0.4, -0.2) is 40.0 Å². The van der Waals surface area contributed by atoms with Crippen LogP contribution < -0.4 is 0 Å². The van der Waals surface area contributed by atoms with Crippen LogP contribution in [0.1, 0.15) is 70.8 Å². The van der Waals surface area contributed by atoms with E-state index in [-0.39, 0.29) is 5.41 Å². The molecule has 1 atom stereocenters. The first-order valence-corrected chi connectivity index (χ1v) is 11.8. The molecular weight excluding hydrogens is 412 g/mol. The van der Waals surface area contributed by atoms with Crippen LogP contribution >= 0.6 is 0 Å². The molecule has 8 heteroatoms. The lowest BCUT2D eigenvalue weighted by Crippen LogP contribution is -2.13. The number of aromatic nitrogens is 8. The number of nitrogens with zero attached hydrogens (tertiary/aromatic N) is 7. The van der Waals surface area contributed by atoms with Crippen LogP contribution in [0.3, 0.4) is 0 Å². The third kappa shape index (κ3) is 5.21. The minimum Gasteiger partial charge on any atom is -0.313 e. The first-order chi connectivity index (χ1) is 15.9. The Hall–Kier alpha value is -3.29. The van der Waals surface area contributed by atoms with Gasteiger partial charge in [-0.15, -0.1) is 10.2 Å². The maximum absolute atomic E-state index is 4.71. The number of aromatic amines is 1. The van der Waals surface area contributed by atoms with E-state index in [1.54, 1.807) is 0 Å². The summed E-state index contributed by atoms with van der Waals surface area (Å²) in [6.45, 7) is 11.8. The van der Waals surface area contributed by atoms with Crippen molar-refractivity contribution in [3.8, 4) is 17.2 Å². The highest BCUT2D eigenvalue weighted by Gasteiger charge is 2.25. The zero-order valence-corrected chi connectivity index (χ0v) is 20.3. The van der Waals surface area contributed by atoms with Gasteiger partial charge < -0.3 is 4.57 Å². The molecule has 1 unspecified atom stereocenters. The molecule has 0 spiro atoms. The van der Waals surface area contributed by atoms with Gasteiger partial charge in [-0.05, 0) is 45.9 Å². The first kappa shape index (κ1) is 22.9. The molecule has 1 N–H and O–H groups in total. The molecule has 8 nitrogen and oxygen atoms in total. The van der Waals surface area contributed by atoms with Crippen molar-refractivity contribution < 1.29 is 0 Å².